The van der Waals surface area contributed by atoms with Crippen LogP contribution in [0.5, 0.6) is 0 Å². The second-order valence-corrected chi connectivity index (χ2v) is 7.01. The third-order valence-corrected chi connectivity index (χ3v) is 4.13. The fourth-order valence-electron chi connectivity index (χ4n) is 1.78. The van der Waals surface area contributed by atoms with E-state index in [9.17, 15) is 13.2 Å². The fourth-order valence-corrected chi connectivity index (χ4v) is 2.54. The van der Waals surface area contributed by atoms with Gasteiger partial charge in [-0.15, -0.1) is 0 Å². The smallest absolute Gasteiger partial charge is 0.312 e. The first-order valence-corrected chi connectivity index (χ1v) is 7.48. The molecule has 0 radical (unpaired) electrons. The van der Waals surface area contributed by atoms with Crippen molar-refractivity contribution < 1.29 is 13.2 Å². The molecule has 1 nitrogen and oxygen atoms in total. The second-order valence-electron chi connectivity index (χ2n) is 5.85. The summed E-state index contributed by atoms with van der Waals surface area (Å²) in [6.07, 6.45) is 2.42. The first-order valence-electron chi connectivity index (χ1n) is 6.49. The van der Waals surface area contributed by atoms with E-state index < -0.39 is 5.51 Å². The molecule has 18 heavy (non-hydrogen) atoms. The van der Waals surface area contributed by atoms with Crippen LogP contribution in [0.1, 0.15) is 53.9 Å². The van der Waals surface area contributed by atoms with Crippen LogP contribution in [0.15, 0.2) is 0 Å². The fraction of sp³-hybridized carbons (Fsp3) is 1.00. The highest BCUT2D eigenvalue weighted by atomic mass is 32.2. The van der Waals surface area contributed by atoms with Crippen molar-refractivity contribution >= 4 is 11.8 Å². The van der Waals surface area contributed by atoms with Crippen molar-refractivity contribution in [3.63, 3.8) is 0 Å². The molecule has 0 aromatic carbocycles. The molecule has 0 saturated carbocycles. The van der Waals surface area contributed by atoms with E-state index in [0.717, 1.165) is 19.4 Å². The Bertz CT molecular complexity index is 229. The summed E-state index contributed by atoms with van der Waals surface area (Å²) < 4.78 is 36.5. The Balaban J connectivity index is 4.34. The Hall–Kier alpha value is 0.1000. The molecule has 0 atom stereocenters. The first kappa shape index (κ1) is 18.1. The molecule has 0 amide bonds. The van der Waals surface area contributed by atoms with Gasteiger partial charge in [0.15, 0.2) is 0 Å². The molecule has 5 heteroatoms. The number of thioether (sulfide) groups is 1. The summed E-state index contributed by atoms with van der Waals surface area (Å²) in [6.45, 7) is 11.1. The van der Waals surface area contributed by atoms with Crippen LogP contribution in [-0.4, -0.2) is 23.3 Å². The zero-order valence-electron chi connectivity index (χ0n) is 12.1. The molecule has 0 bridgehead atoms. The van der Waals surface area contributed by atoms with E-state index in [4.69, 9.17) is 0 Å². The molecular formula is C13H26F3NS. The average molecular weight is 285 g/mol. The van der Waals surface area contributed by atoms with Crippen LogP contribution >= 0.6 is 11.8 Å². The van der Waals surface area contributed by atoms with Crippen LogP contribution in [0.4, 0.5) is 13.2 Å². The second kappa shape index (κ2) is 7.04. The van der Waals surface area contributed by atoms with Crippen molar-refractivity contribution in [1.82, 2.24) is 5.32 Å². The van der Waals surface area contributed by atoms with Crippen LogP contribution in [0.25, 0.3) is 0 Å². The van der Waals surface area contributed by atoms with Crippen molar-refractivity contribution in [2.24, 2.45) is 5.41 Å². The largest absolute Gasteiger partial charge is 0.441 e. The van der Waals surface area contributed by atoms with Crippen molar-refractivity contribution in [2.75, 3.05) is 12.3 Å². The van der Waals surface area contributed by atoms with E-state index >= 15 is 0 Å². The van der Waals surface area contributed by atoms with Gasteiger partial charge in [0.25, 0.3) is 0 Å². The minimum Gasteiger partial charge on any atom is -0.312 e. The summed E-state index contributed by atoms with van der Waals surface area (Å²) in [5, 5.41) is 3.42. The summed E-state index contributed by atoms with van der Waals surface area (Å²) >= 11 is 0.0968. The number of hydrogen-bond acceptors (Lipinski definition) is 2. The predicted octanol–water partition coefficient (Wildman–Crippen LogP) is 4.82. The maximum atomic E-state index is 12.2. The van der Waals surface area contributed by atoms with Gasteiger partial charge in [-0.05, 0) is 45.4 Å². The molecule has 0 unspecified atom stereocenters. The zero-order valence-corrected chi connectivity index (χ0v) is 12.9. The minimum atomic E-state index is -4.11. The maximum Gasteiger partial charge on any atom is 0.441 e. The van der Waals surface area contributed by atoms with Gasteiger partial charge in [0.2, 0.25) is 0 Å². The number of halogens is 3. The van der Waals surface area contributed by atoms with Crippen LogP contribution in [0.3, 0.4) is 0 Å². The van der Waals surface area contributed by atoms with Gasteiger partial charge in [0.1, 0.15) is 0 Å². The van der Waals surface area contributed by atoms with E-state index in [-0.39, 0.29) is 28.5 Å². The van der Waals surface area contributed by atoms with E-state index in [1.165, 1.54) is 0 Å². The molecule has 0 aliphatic carbocycles. The summed E-state index contributed by atoms with van der Waals surface area (Å²) in [4.78, 5) is 0. The molecule has 0 heterocycles. The van der Waals surface area contributed by atoms with Gasteiger partial charge < -0.3 is 5.32 Å². The maximum absolute atomic E-state index is 12.2. The molecule has 0 fully saturated rings. The Kier molecular flexibility index (Phi) is 7.07. The Labute approximate surface area is 113 Å². The molecule has 0 spiro atoms. The summed E-state index contributed by atoms with van der Waals surface area (Å²) in [6, 6.07) is 0. The molecule has 0 aliphatic rings. The van der Waals surface area contributed by atoms with Gasteiger partial charge in [-0.25, -0.2) is 0 Å². The predicted molar refractivity (Wildman–Crippen MR) is 73.9 cm³/mol. The van der Waals surface area contributed by atoms with Crippen LogP contribution < -0.4 is 5.32 Å². The Morgan fingerprint density at radius 1 is 1.00 bits per heavy atom. The van der Waals surface area contributed by atoms with Gasteiger partial charge in [-0.2, -0.15) is 13.2 Å². The van der Waals surface area contributed by atoms with Crippen molar-refractivity contribution in [3.8, 4) is 0 Å². The Morgan fingerprint density at radius 2 is 1.50 bits per heavy atom. The number of alkyl halides is 3. The average Bonchev–Trinajstić information content (AvgIpc) is 2.20. The van der Waals surface area contributed by atoms with E-state index in [2.05, 4.69) is 39.9 Å². The topological polar surface area (TPSA) is 12.0 Å². The third-order valence-electron chi connectivity index (χ3n) is 3.39. The highest BCUT2D eigenvalue weighted by Gasteiger charge is 2.32. The van der Waals surface area contributed by atoms with Gasteiger partial charge in [0, 0.05) is 17.8 Å². The van der Waals surface area contributed by atoms with E-state index in [1.807, 2.05) is 0 Å². The van der Waals surface area contributed by atoms with Crippen molar-refractivity contribution in [3.05, 3.63) is 0 Å². The first-order chi connectivity index (χ1) is 8.04. The van der Waals surface area contributed by atoms with Crippen molar-refractivity contribution in [2.45, 2.75) is 64.9 Å². The molecule has 0 aromatic heterocycles. The quantitative estimate of drug-likeness (QED) is 0.719. The van der Waals surface area contributed by atoms with Gasteiger partial charge >= 0.3 is 5.51 Å². The summed E-state index contributed by atoms with van der Waals surface area (Å²) in [5.74, 6) is 0.150. The molecule has 110 valence electrons. The lowest BCUT2D eigenvalue weighted by atomic mass is 9.79. The molecular weight excluding hydrogens is 259 g/mol. The van der Waals surface area contributed by atoms with Gasteiger partial charge in [0.05, 0.1) is 0 Å². The molecule has 0 aliphatic heterocycles. The van der Waals surface area contributed by atoms with Crippen LogP contribution in [-0.2, 0) is 0 Å². The summed E-state index contributed by atoms with van der Waals surface area (Å²) in [7, 11) is 0. The number of hydrogen-bond donors (Lipinski definition) is 1. The summed E-state index contributed by atoms with van der Waals surface area (Å²) in [5.41, 5.74) is -4.12. The third kappa shape index (κ3) is 8.25. The zero-order chi connectivity index (χ0) is 14.4. The Morgan fingerprint density at radius 3 is 1.83 bits per heavy atom. The van der Waals surface area contributed by atoms with Gasteiger partial charge in [-0.1, -0.05) is 25.6 Å². The van der Waals surface area contributed by atoms with E-state index in [1.54, 1.807) is 0 Å². The standard InChI is InChI=1S/C13H26F3NS/c1-6-12(7-2,10-17-11(3,4)5)8-9-18-13(14,15)16/h17H,6-10H2,1-5H3. The highest BCUT2D eigenvalue weighted by Crippen LogP contribution is 2.36. The van der Waals surface area contributed by atoms with Crippen LogP contribution in [0, 0.1) is 5.41 Å². The SMILES string of the molecule is CCC(CC)(CCSC(F)(F)F)CNC(C)(C)C. The van der Waals surface area contributed by atoms with Gasteiger partial charge in [-0.3, -0.25) is 0 Å². The molecule has 0 rings (SSSR count). The normalized spacial score (nSPS) is 14.0. The molecule has 0 saturated heterocycles. The molecule has 1 N–H and O–H groups in total. The highest BCUT2D eigenvalue weighted by molar-refractivity contribution is 8.00. The lowest BCUT2D eigenvalue weighted by molar-refractivity contribution is -0.0329. The lowest BCUT2D eigenvalue weighted by Crippen LogP contribution is -2.44. The minimum absolute atomic E-state index is 0.00671. The van der Waals surface area contributed by atoms with Crippen LogP contribution in [0.2, 0.25) is 0 Å². The number of rotatable bonds is 7. The van der Waals surface area contributed by atoms with E-state index in [0.29, 0.717) is 6.42 Å². The number of nitrogens with one attached hydrogen (secondary N) is 1. The monoisotopic (exact) mass is 285 g/mol. The molecule has 0 aromatic rings. The van der Waals surface area contributed by atoms with Crippen molar-refractivity contribution in [1.29, 1.82) is 0 Å². The lowest BCUT2D eigenvalue weighted by Gasteiger charge is -2.35.